The van der Waals surface area contributed by atoms with Crippen LogP contribution in [0.3, 0.4) is 0 Å². The number of hydrogen-bond acceptors (Lipinski definition) is 7. The molecule has 2 aliphatic rings. The minimum atomic E-state index is 0.307. The van der Waals surface area contributed by atoms with Crippen molar-refractivity contribution in [1.29, 1.82) is 0 Å². The fourth-order valence-corrected chi connectivity index (χ4v) is 3.98. The van der Waals surface area contributed by atoms with Crippen LogP contribution in [0.4, 0.5) is 0 Å². The van der Waals surface area contributed by atoms with E-state index in [0.29, 0.717) is 24.9 Å². The lowest BCUT2D eigenvalue weighted by atomic mass is 9.98. The van der Waals surface area contributed by atoms with E-state index >= 15 is 0 Å². The van der Waals surface area contributed by atoms with Crippen LogP contribution in [0.5, 0.6) is 0 Å². The van der Waals surface area contributed by atoms with Crippen molar-refractivity contribution >= 4 is 0 Å². The quantitative estimate of drug-likeness (QED) is 0.646. The van der Waals surface area contributed by atoms with Crippen LogP contribution in [-0.2, 0) is 22.4 Å². The molecule has 152 valence electrons. The number of hydrogen-bond donors (Lipinski definition) is 0. The number of rotatable bonds is 8. The van der Waals surface area contributed by atoms with Crippen LogP contribution in [0.2, 0.25) is 0 Å². The van der Waals surface area contributed by atoms with Gasteiger partial charge in [-0.25, -0.2) is 0 Å². The molecule has 0 aromatic carbocycles. The number of piperidine rings is 1. The summed E-state index contributed by atoms with van der Waals surface area (Å²) in [7, 11) is 0. The van der Waals surface area contributed by atoms with Crippen LogP contribution < -0.4 is 0 Å². The van der Waals surface area contributed by atoms with E-state index in [-0.39, 0.29) is 0 Å². The van der Waals surface area contributed by atoms with Crippen LogP contribution in [0.1, 0.15) is 49.0 Å². The molecule has 4 rings (SSSR count). The predicted octanol–water partition coefficient (Wildman–Crippen LogP) is 2.83. The molecule has 0 amide bonds. The van der Waals surface area contributed by atoms with E-state index in [1.807, 2.05) is 18.3 Å². The third-order valence-electron chi connectivity index (χ3n) is 5.61. The van der Waals surface area contributed by atoms with Crippen LogP contribution in [0.25, 0.3) is 0 Å². The van der Waals surface area contributed by atoms with Gasteiger partial charge in [0.05, 0.1) is 18.2 Å². The van der Waals surface area contributed by atoms with Crippen molar-refractivity contribution in [3.05, 3.63) is 41.8 Å². The van der Waals surface area contributed by atoms with Gasteiger partial charge in [0, 0.05) is 45.5 Å². The van der Waals surface area contributed by atoms with Gasteiger partial charge in [0.15, 0.2) is 5.82 Å². The van der Waals surface area contributed by atoms with Crippen molar-refractivity contribution in [2.45, 2.75) is 44.6 Å². The lowest BCUT2D eigenvalue weighted by Crippen LogP contribution is -2.34. The van der Waals surface area contributed by atoms with Gasteiger partial charge in [-0.2, -0.15) is 4.98 Å². The number of likely N-dealkylation sites (tertiary alicyclic amines) is 1. The summed E-state index contributed by atoms with van der Waals surface area (Å²) in [4.78, 5) is 11.5. The van der Waals surface area contributed by atoms with Crippen LogP contribution >= 0.6 is 0 Å². The monoisotopic (exact) mass is 386 g/mol. The summed E-state index contributed by atoms with van der Waals surface area (Å²) in [5, 5.41) is 4.17. The predicted molar refractivity (Wildman–Crippen MR) is 104 cm³/mol. The Bertz CT molecular complexity index is 703. The molecule has 2 aromatic rings. The summed E-state index contributed by atoms with van der Waals surface area (Å²) in [6.07, 6.45) is 7.00. The van der Waals surface area contributed by atoms with Crippen molar-refractivity contribution in [3.8, 4) is 0 Å². The molecule has 1 atom stereocenters. The lowest BCUT2D eigenvalue weighted by Gasteiger charge is -2.30. The van der Waals surface area contributed by atoms with Gasteiger partial charge in [-0.05, 0) is 50.3 Å². The van der Waals surface area contributed by atoms with Crippen LogP contribution in [0.15, 0.2) is 28.9 Å². The zero-order valence-corrected chi connectivity index (χ0v) is 16.5. The Hall–Kier alpha value is -1.83. The highest BCUT2D eigenvalue weighted by atomic mass is 16.5. The first-order valence-electron chi connectivity index (χ1n) is 10.5. The SMILES string of the molecule is c1ccc(CN2CCCC(c3nc(CCOCC4CCOCC4)no3)C2)nc1. The fraction of sp³-hybridized carbons (Fsp3) is 0.667. The normalized spacial score (nSPS) is 21.8. The molecule has 1 unspecified atom stereocenters. The Morgan fingerprint density at radius 2 is 2.11 bits per heavy atom. The molecule has 0 aliphatic carbocycles. The highest BCUT2D eigenvalue weighted by Gasteiger charge is 2.26. The second kappa shape index (κ2) is 10.1. The molecule has 0 N–H and O–H groups in total. The van der Waals surface area contributed by atoms with E-state index in [1.165, 1.54) is 0 Å². The van der Waals surface area contributed by atoms with Gasteiger partial charge in [0.2, 0.25) is 5.89 Å². The highest BCUT2D eigenvalue weighted by Crippen LogP contribution is 2.26. The van der Waals surface area contributed by atoms with Crippen molar-refractivity contribution in [2.75, 3.05) is 39.5 Å². The topological polar surface area (TPSA) is 73.5 Å². The smallest absolute Gasteiger partial charge is 0.231 e. The lowest BCUT2D eigenvalue weighted by molar-refractivity contribution is 0.0211. The molecule has 0 saturated carbocycles. The summed E-state index contributed by atoms with van der Waals surface area (Å²) in [5.41, 5.74) is 1.11. The van der Waals surface area contributed by atoms with E-state index in [2.05, 4.69) is 26.1 Å². The summed E-state index contributed by atoms with van der Waals surface area (Å²) in [5.74, 6) is 2.46. The maximum absolute atomic E-state index is 5.82. The zero-order chi connectivity index (χ0) is 19.0. The molecular weight excluding hydrogens is 356 g/mol. The van der Waals surface area contributed by atoms with E-state index in [1.54, 1.807) is 0 Å². The first-order valence-corrected chi connectivity index (χ1v) is 10.5. The standard InChI is InChI=1S/C21H30N4O3/c1-2-9-22-19(5-1)15-25-10-3-4-18(14-25)21-23-20(24-28-21)8-13-27-16-17-6-11-26-12-7-17/h1-2,5,9,17-18H,3-4,6-8,10-16H2. The Morgan fingerprint density at radius 3 is 2.96 bits per heavy atom. The van der Waals surface area contributed by atoms with Crippen molar-refractivity contribution in [2.24, 2.45) is 5.92 Å². The number of aromatic nitrogens is 3. The molecule has 2 aromatic heterocycles. The van der Waals surface area contributed by atoms with Gasteiger partial charge in [0.1, 0.15) is 0 Å². The molecule has 2 aliphatic heterocycles. The summed E-state index contributed by atoms with van der Waals surface area (Å²) >= 11 is 0. The van der Waals surface area contributed by atoms with Gasteiger partial charge in [0.25, 0.3) is 0 Å². The zero-order valence-electron chi connectivity index (χ0n) is 16.5. The Labute approximate surface area is 166 Å². The number of pyridine rings is 1. The van der Waals surface area contributed by atoms with Crippen LogP contribution in [0, 0.1) is 5.92 Å². The van der Waals surface area contributed by atoms with Gasteiger partial charge in [-0.1, -0.05) is 11.2 Å². The molecular formula is C21H30N4O3. The van der Waals surface area contributed by atoms with E-state index in [0.717, 1.165) is 82.5 Å². The number of ether oxygens (including phenoxy) is 2. The molecule has 2 saturated heterocycles. The van der Waals surface area contributed by atoms with Crippen molar-refractivity contribution in [1.82, 2.24) is 20.0 Å². The average Bonchev–Trinajstić information content (AvgIpc) is 3.22. The number of nitrogens with zero attached hydrogens (tertiary/aromatic N) is 4. The van der Waals surface area contributed by atoms with E-state index in [9.17, 15) is 0 Å². The maximum Gasteiger partial charge on any atom is 0.231 e. The summed E-state index contributed by atoms with van der Waals surface area (Å²) in [6, 6.07) is 6.07. The summed E-state index contributed by atoms with van der Waals surface area (Å²) < 4.78 is 16.8. The minimum Gasteiger partial charge on any atom is -0.381 e. The summed E-state index contributed by atoms with van der Waals surface area (Å²) in [6.45, 7) is 6.08. The average molecular weight is 386 g/mol. The molecule has 2 fully saturated rings. The molecule has 7 nitrogen and oxygen atoms in total. The Balaban J connectivity index is 1.21. The third-order valence-corrected chi connectivity index (χ3v) is 5.61. The largest absolute Gasteiger partial charge is 0.381 e. The van der Waals surface area contributed by atoms with E-state index < -0.39 is 0 Å². The first kappa shape index (κ1) is 19.5. The van der Waals surface area contributed by atoms with Crippen molar-refractivity contribution < 1.29 is 14.0 Å². The van der Waals surface area contributed by atoms with Crippen molar-refractivity contribution in [3.63, 3.8) is 0 Å². The maximum atomic E-state index is 5.82. The second-order valence-electron chi connectivity index (χ2n) is 7.82. The molecule has 0 bridgehead atoms. The van der Waals surface area contributed by atoms with Gasteiger partial charge < -0.3 is 14.0 Å². The molecule has 0 radical (unpaired) electrons. The highest BCUT2D eigenvalue weighted by molar-refractivity contribution is 5.04. The molecule has 0 spiro atoms. The fourth-order valence-electron chi connectivity index (χ4n) is 3.98. The van der Waals surface area contributed by atoms with Gasteiger partial charge in [-0.3, -0.25) is 9.88 Å². The molecule has 4 heterocycles. The minimum absolute atomic E-state index is 0.307. The van der Waals surface area contributed by atoms with Gasteiger partial charge >= 0.3 is 0 Å². The molecule has 7 heteroatoms. The second-order valence-corrected chi connectivity index (χ2v) is 7.82. The molecule has 28 heavy (non-hydrogen) atoms. The van der Waals surface area contributed by atoms with Crippen LogP contribution in [-0.4, -0.2) is 59.5 Å². The van der Waals surface area contributed by atoms with Gasteiger partial charge in [-0.15, -0.1) is 0 Å². The third kappa shape index (κ3) is 5.59. The van der Waals surface area contributed by atoms with E-state index in [4.69, 9.17) is 14.0 Å². The first-order chi connectivity index (χ1) is 13.9. The Kier molecular flexibility index (Phi) is 7.02. The Morgan fingerprint density at radius 1 is 1.18 bits per heavy atom.